The summed E-state index contributed by atoms with van der Waals surface area (Å²) in [5.74, 6) is 0. The lowest BCUT2D eigenvalue weighted by molar-refractivity contribution is 0.194. The van der Waals surface area contributed by atoms with E-state index in [0.717, 1.165) is 0 Å². The first-order chi connectivity index (χ1) is 5.18. The van der Waals surface area contributed by atoms with Crippen LogP contribution in [0, 0.1) is 5.41 Å². The van der Waals surface area contributed by atoms with E-state index < -0.39 is 0 Å². The largest absolute Gasteiger partial charge is 0.309 e. The minimum atomic E-state index is 0.684. The zero-order chi connectivity index (χ0) is 8.32. The fraction of sp³-hybridized carbons (Fsp3) is 1.00. The maximum absolute atomic E-state index is 2.34. The van der Waals surface area contributed by atoms with Crippen LogP contribution in [0.4, 0.5) is 0 Å². The highest BCUT2D eigenvalue weighted by Crippen LogP contribution is 2.41. The van der Waals surface area contributed by atoms with Crippen LogP contribution in [0.1, 0.15) is 39.0 Å². The lowest BCUT2D eigenvalue weighted by atomic mass is 9.83. The second-order valence-corrected chi connectivity index (χ2v) is 4.30. The van der Waals surface area contributed by atoms with E-state index in [0.29, 0.717) is 5.41 Å². The van der Waals surface area contributed by atoms with Gasteiger partial charge in [0.05, 0.1) is 0 Å². The molecule has 0 saturated heterocycles. The van der Waals surface area contributed by atoms with Gasteiger partial charge in [-0.1, -0.05) is 19.8 Å². The Morgan fingerprint density at radius 1 is 1.18 bits per heavy atom. The third kappa shape index (κ3) is 2.19. The average molecular weight is 155 g/mol. The molecular weight excluding hydrogens is 134 g/mol. The zero-order valence-electron chi connectivity index (χ0n) is 8.19. The van der Waals surface area contributed by atoms with Crippen LogP contribution in [0.25, 0.3) is 0 Å². The summed E-state index contributed by atoms with van der Waals surface area (Å²) in [5.41, 5.74) is 0.684. The third-order valence-electron chi connectivity index (χ3n) is 3.07. The fourth-order valence-electron chi connectivity index (χ4n) is 2.42. The van der Waals surface area contributed by atoms with Crippen molar-refractivity contribution < 1.29 is 0 Å². The van der Waals surface area contributed by atoms with Gasteiger partial charge in [0, 0.05) is 6.54 Å². The predicted octanol–water partition coefficient (Wildman–Crippen LogP) is 2.52. The molecule has 0 aliphatic heterocycles. The van der Waals surface area contributed by atoms with E-state index in [2.05, 4.69) is 25.9 Å². The van der Waals surface area contributed by atoms with E-state index in [1.807, 2.05) is 0 Å². The predicted molar refractivity (Wildman–Crippen MR) is 49.7 cm³/mol. The van der Waals surface area contributed by atoms with Crippen LogP contribution in [0.2, 0.25) is 0 Å². The molecule has 0 amide bonds. The lowest BCUT2D eigenvalue weighted by Crippen LogP contribution is -2.30. The van der Waals surface area contributed by atoms with Gasteiger partial charge >= 0.3 is 0 Å². The van der Waals surface area contributed by atoms with Crippen molar-refractivity contribution in [3.05, 3.63) is 0 Å². The highest BCUT2D eigenvalue weighted by molar-refractivity contribution is 4.85. The van der Waals surface area contributed by atoms with Crippen LogP contribution in [0.5, 0.6) is 0 Å². The molecule has 0 spiro atoms. The summed E-state index contributed by atoms with van der Waals surface area (Å²) in [6, 6.07) is 0. The summed E-state index contributed by atoms with van der Waals surface area (Å²) in [4.78, 5) is 2.34. The molecule has 1 aliphatic rings. The molecule has 0 bridgehead atoms. The minimum absolute atomic E-state index is 0.684. The molecule has 0 radical (unpaired) electrons. The van der Waals surface area contributed by atoms with Crippen molar-refractivity contribution in [2.24, 2.45) is 5.41 Å². The zero-order valence-corrected chi connectivity index (χ0v) is 8.19. The van der Waals surface area contributed by atoms with Gasteiger partial charge in [-0.3, -0.25) is 0 Å². The summed E-state index contributed by atoms with van der Waals surface area (Å²) in [7, 11) is 4.38. The minimum Gasteiger partial charge on any atom is -0.309 e. The van der Waals surface area contributed by atoms with Gasteiger partial charge in [-0.25, -0.2) is 0 Å². The second-order valence-electron chi connectivity index (χ2n) is 4.30. The third-order valence-corrected chi connectivity index (χ3v) is 3.07. The number of hydrogen-bond acceptors (Lipinski definition) is 1. The van der Waals surface area contributed by atoms with Crippen LogP contribution in [-0.4, -0.2) is 25.5 Å². The van der Waals surface area contributed by atoms with Gasteiger partial charge in [-0.2, -0.15) is 0 Å². The van der Waals surface area contributed by atoms with E-state index in [9.17, 15) is 0 Å². The SMILES string of the molecule is CCC1(CN(C)C)CCCC1. The Morgan fingerprint density at radius 2 is 1.73 bits per heavy atom. The van der Waals surface area contributed by atoms with Crippen molar-refractivity contribution in [1.29, 1.82) is 0 Å². The fourth-order valence-corrected chi connectivity index (χ4v) is 2.42. The molecule has 0 unspecified atom stereocenters. The van der Waals surface area contributed by atoms with Gasteiger partial charge in [0.2, 0.25) is 0 Å². The maximum atomic E-state index is 2.34. The monoisotopic (exact) mass is 155 g/mol. The molecule has 1 aliphatic carbocycles. The Labute approximate surface area is 70.8 Å². The van der Waals surface area contributed by atoms with Gasteiger partial charge in [0.25, 0.3) is 0 Å². The summed E-state index contributed by atoms with van der Waals surface area (Å²) in [6.07, 6.45) is 7.21. The van der Waals surface area contributed by atoms with Crippen molar-refractivity contribution in [3.63, 3.8) is 0 Å². The molecule has 1 nitrogen and oxygen atoms in total. The standard InChI is InChI=1S/C10H21N/c1-4-10(9-11(2)3)7-5-6-8-10/h4-9H2,1-3H3. The van der Waals surface area contributed by atoms with Crippen molar-refractivity contribution in [3.8, 4) is 0 Å². The quantitative estimate of drug-likeness (QED) is 0.605. The molecule has 0 N–H and O–H groups in total. The first kappa shape index (κ1) is 9.05. The first-order valence-electron chi connectivity index (χ1n) is 4.83. The molecular formula is C10H21N. The van der Waals surface area contributed by atoms with Gasteiger partial charge < -0.3 is 4.90 Å². The van der Waals surface area contributed by atoms with Gasteiger partial charge in [0.1, 0.15) is 0 Å². The Kier molecular flexibility index (Phi) is 2.94. The molecule has 11 heavy (non-hydrogen) atoms. The molecule has 66 valence electrons. The molecule has 1 rings (SSSR count). The molecule has 0 aromatic carbocycles. The van der Waals surface area contributed by atoms with Crippen molar-refractivity contribution in [2.45, 2.75) is 39.0 Å². The summed E-state index contributed by atoms with van der Waals surface area (Å²) in [5, 5.41) is 0. The number of rotatable bonds is 3. The van der Waals surface area contributed by atoms with Crippen LogP contribution >= 0.6 is 0 Å². The van der Waals surface area contributed by atoms with Crippen LogP contribution in [0.15, 0.2) is 0 Å². The Balaban J connectivity index is 2.45. The van der Waals surface area contributed by atoms with Crippen LogP contribution in [-0.2, 0) is 0 Å². The molecule has 0 heterocycles. The topological polar surface area (TPSA) is 3.24 Å². The molecule has 0 aromatic rings. The Hall–Kier alpha value is -0.0400. The number of hydrogen-bond donors (Lipinski definition) is 0. The van der Waals surface area contributed by atoms with E-state index in [1.54, 1.807) is 0 Å². The van der Waals surface area contributed by atoms with Gasteiger partial charge in [-0.05, 0) is 38.8 Å². The smallest absolute Gasteiger partial charge is 0.00318 e. The molecule has 0 atom stereocenters. The molecule has 1 fully saturated rings. The Morgan fingerprint density at radius 3 is 2.09 bits per heavy atom. The normalized spacial score (nSPS) is 22.9. The van der Waals surface area contributed by atoms with E-state index in [4.69, 9.17) is 0 Å². The molecule has 1 heteroatoms. The van der Waals surface area contributed by atoms with Crippen molar-refractivity contribution in [1.82, 2.24) is 4.90 Å². The summed E-state index contributed by atoms with van der Waals surface area (Å²) in [6.45, 7) is 3.64. The summed E-state index contributed by atoms with van der Waals surface area (Å²) < 4.78 is 0. The first-order valence-corrected chi connectivity index (χ1v) is 4.83. The molecule has 1 saturated carbocycles. The number of nitrogens with zero attached hydrogens (tertiary/aromatic N) is 1. The van der Waals surface area contributed by atoms with E-state index in [1.165, 1.54) is 38.6 Å². The lowest BCUT2D eigenvalue weighted by Gasteiger charge is -2.30. The van der Waals surface area contributed by atoms with E-state index in [-0.39, 0.29) is 0 Å². The van der Waals surface area contributed by atoms with Crippen molar-refractivity contribution >= 4 is 0 Å². The van der Waals surface area contributed by atoms with Gasteiger partial charge in [-0.15, -0.1) is 0 Å². The van der Waals surface area contributed by atoms with Crippen LogP contribution < -0.4 is 0 Å². The van der Waals surface area contributed by atoms with Crippen molar-refractivity contribution in [2.75, 3.05) is 20.6 Å². The van der Waals surface area contributed by atoms with Gasteiger partial charge in [0.15, 0.2) is 0 Å². The van der Waals surface area contributed by atoms with E-state index >= 15 is 0 Å². The van der Waals surface area contributed by atoms with Crippen LogP contribution in [0.3, 0.4) is 0 Å². The highest BCUT2D eigenvalue weighted by atomic mass is 15.1. The summed E-state index contributed by atoms with van der Waals surface area (Å²) >= 11 is 0. The average Bonchev–Trinajstić information content (AvgIpc) is 2.36. The Bertz CT molecular complexity index is 112. The maximum Gasteiger partial charge on any atom is 0.00318 e. The highest BCUT2D eigenvalue weighted by Gasteiger charge is 2.31. The second kappa shape index (κ2) is 3.57. The molecule has 0 aromatic heterocycles.